The van der Waals surface area contributed by atoms with E-state index in [2.05, 4.69) is 63.8 Å². The number of nitrogens with zero attached hydrogens (tertiary/aromatic N) is 1. The van der Waals surface area contributed by atoms with E-state index in [-0.39, 0.29) is 0 Å². The molecule has 0 saturated heterocycles. The van der Waals surface area contributed by atoms with Crippen molar-refractivity contribution in [2.45, 2.75) is 12.8 Å². The second-order valence-electron chi connectivity index (χ2n) is 6.29. The summed E-state index contributed by atoms with van der Waals surface area (Å²) in [6, 6.07) is 12.4. The molecule has 0 amide bonds. The van der Waals surface area contributed by atoms with Gasteiger partial charge >= 0.3 is 0 Å². The molecule has 0 radical (unpaired) electrons. The predicted molar refractivity (Wildman–Crippen MR) is 119 cm³/mol. The van der Waals surface area contributed by atoms with Gasteiger partial charge in [0.1, 0.15) is 0 Å². The molecule has 0 bridgehead atoms. The Kier molecular flexibility index (Phi) is 6.36. The van der Waals surface area contributed by atoms with Crippen molar-refractivity contribution in [1.82, 2.24) is 4.57 Å². The predicted octanol–water partition coefficient (Wildman–Crippen LogP) is 4.85. The summed E-state index contributed by atoms with van der Waals surface area (Å²) in [6.07, 6.45) is 2.05. The maximum Gasteiger partial charge on any atom is 0.203 e. The summed E-state index contributed by atoms with van der Waals surface area (Å²) in [5.74, 6) is 1.92. The van der Waals surface area contributed by atoms with Crippen molar-refractivity contribution < 1.29 is 14.2 Å². The van der Waals surface area contributed by atoms with Gasteiger partial charge in [-0.25, -0.2) is 0 Å². The van der Waals surface area contributed by atoms with Crippen LogP contribution in [-0.4, -0.2) is 32.4 Å². The van der Waals surface area contributed by atoms with Gasteiger partial charge in [0.2, 0.25) is 5.75 Å². The number of anilines is 1. The van der Waals surface area contributed by atoms with E-state index in [1.54, 1.807) is 21.3 Å². The van der Waals surface area contributed by atoms with Gasteiger partial charge in [-0.15, -0.1) is 0 Å². The van der Waals surface area contributed by atoms with Crippen molar-refractivity contribution in [3.8, 4) is 17.2 Å². The fourth-order valence-electron chi connectivity index (χ4n) is 3.36. The van der Waals surface area contributed by atoms with Crippen molar-refractivity contribution in [1.29, 1.82) is 0 Å². The zero-order chi connectivity index (χ0) is 19.4. The first-order chi connectivity index (χ1) is 13.1. The number of hydrogen-bond acceptors (Lipinski definition) is 4. The Morgan fingerprint density at radius 1 is 1.00 bits per heavy atom. The Hall–Kier alpha value is -2.09. The first-order valence-electron chi connectivity index (χ1n) is 8.86. The lowest BCUT2D eigenvalue weighted by Gasteiger charge is -2.15. The van der Waals surface area contributed by atoms with Crippen LogP contribution in [0, 0.1) is 3.70 Å². The van der Waals surface area contributed by atoms with Crippen molar-refractivity contribution in [3.05, 3.63) is 45.7 Å². The van der Waals surface area contributed by atoms with Gasteiger partial charge in [-0.2, -0.15) is 0 Å². The van der Waals surface area contributed by atoms with E-state index in [0.29, 0.717) is 17.2 Å². The maximum absolute atomic E-state index is 5.41. The normalized spacial score (nSPS) is 10.9. The highest BCUT2D eigenvalue weighted by molar-refractivity contribution is 14.1. The van der Waals surface area contributed by atoms with Gasteiger partial charge in [0.15, 0.2) is 11.5 Å². The van der Waals surface area contributed by atoms with Gasteiger partial charge in [0, 0.05) is 42.3 Å². The van der Waals surface area contributed by atoms with Crippen molar-refractivity contribution >= 4 is 39.2 Å². The summed E-state index contributed by atoms with van der Waals surface area (Å²) < 4.78 is 19.8. The Labute approximate surface area is 173 Å². The van der Waals surface area contributed by atoms with Crippen molar-refractivity contribution in [2.24, 2.45) is 7.05 Å². The van der Waals surface area contributed by atoms with Gasteiger partial charge in [-0.05, 0) is 47.1 Å². The van der Waals surface area contributed by atoms with Crippen LogP contribution in [0.2, 0.25) is 0 Å². The first-order valence-corrected chi connectivity index (χ1v) is 9.94. The summed E-state index contributed by atoms with van der Waals surface area (Å²) in [6.45, 7) is 0.859. The fraction of sp³-hybridized carbons (Fsp3) is 0.333. The number of benzene rings is 2. The Bertz CT molecular complexity index is 912. The summed E-state index contributed by atoms with van der Waals surface area (Å²) in [5.41, 5.74) is 3.66. The van der Waals surface area contributed by atoms with E-state index < -0.39 is 0 Å². The fourth-order valence-corrected chi connectivity index (χ4v) is 4.18. The van der Waals surface area contributed by atoms with Gasteiger partial charge in [-0.1, -0.05) is 18.2 Å². The molecule has 5 nitrogen and oxygen atoms in total. The maximum atomic E-state index is 5.41. The summed E-state index contributed by atoms with van der Waals surface area (Å²) >= 11 is 2.44. The number of ether oxygens (including phenoxy) is 3. The van der Waals surface area contributed by atoms with Crippen LogP contribution >= 0.6 is 22.6 Å². The van der Waals surface area contributed by atoms with E-state index in [1.165, 1.54) is 20.2 Å². The third kappa shape index (κ3) is 3.95. The van der Waals surface area contributed by atoms with Crippen LogP contribution in [0.15, 0.2) is 36.4 Å². The minimum Gasteiger partial charge on any atom is -0.493 e. The molecule has 3 aromatic rings. The van der Waals surface area contributed by atoms with E-state index in [0.717, 1.165) is 25.1 Å². The topological polar surface area (TPSA) is 44.7 Å². The number of aryl methyl sites for hydroxylation is 2. The molecule has 0 spiro atoms. The van der Waals surface area contributed by atoms with Crippen LogP contribution in [0.4, 0.5) is 5.69 Å². The smallest absolute Gasteiger partial charge is 0.203 e. The number of hydrogen-bond donors (Lipinski definition) is 1. The molecule has 1 aromatic heterocycles. The average Bonchev–Trinajstić information content (AvgIpc) is 2.95. The summed E-state index contributed by atoms with van der Waals surface area (Å²) in [7, 11) is 6.99. The standard InChI is InChI=1S/C21H25IN2O3/c1-24-17-10-6-5-8-15(17)16(21(24)22)9-7-11-23-14-12-18(25-2)20(27-4)19(13-14)26-3/h5-6,8,10,12-13,23H,7,9,11H2,1-4H3. The lowest BCUT2D eigenvalue weighted by atomic mass is 10.1. The van der Waals surface area contributed by atoms with E-state index in [1.807, 2.05) is 12.1 Å². The first kappa shape index (κ1) is 19.7. The molecule has 0 aliphatic carbocycles. The van der Waals surface area contributed by atoms with Crippen molar-refractivity contribution in [2.75, 3.05) is 33.2 Å². The van der Waals surface area contributed by atoms with Crippen LogP contribution in [0.5, 0.6) is 17.2 Å². The van der Waals surface area contributed by atoms with Crippen LogP contribution in [-0.2, 0) is 13.5 Å². The number of aromatic nitrogens is 1. The van der Waals surface area contributed by atoms with Gasteiger partial charge in [-0.3, -0.25) is 0 Å². The number of methoxy groups -OCH3 is 3. The summed E-state index contributed by atoms with van der Waals surface area (Å²) in [4.78, 5) is 0. The second-order valence-corrected chi connectivity index (χ2v) is 7.31. The highest BCUT2D eigenvalue weighted by atomic mass is 127. The lowest BCUT2D eigenvalue weighted by molar-refractivity contribution is 0.324. The van der Waals surface area contributed by atoms with E-state index in [4.69, 9.17) is 14.2 Å². The summed E-state index contributed by atoms with van der Waals surface area (Å²) in [5, 5.41) is 4.81. The number of nitrogens with one attached hydrogen (secondary N) is 1. The molecule has 144 valence electrons. The van der Waals surface area contributed by atoms with E-state index >= 15 is 0 Å². The second kappa shape index (κ2) is 8.73. The third-order valence-corrected chi connectivity index (χ3v) is 6.11. The molecular weight excluding hydrogens is 455 g/mol. The molecule has 1 heterocycles. The zero-order valence-corrected chi connectivity index (χ0v) is 18.3. The molecule has 6 heteroatoms. The average molecular weight is 480 g/mol. The van der Waals surface area contributed by atoms with Gasteiger partial charge in [0.25, 0.3) is 0 Å². The van der Waals surface area contributed by atoms with Crippen LogP contribution in [0.25, 0.3) is 10.9 Å². The molecule has 3 rings (SSSR count). The molecule has 0 aliphatic heterocycles. The highest BCUT2D eigenvalue weighted by Gasteiger charge is 2.14. The molecular formula is C21H25IN2O3. The van der Waals surface area contributed by atoms with Gasteiger partial charge in [0.05, 0.1) is 25.0 Å². The molecule has 0 unspecified atom stereocenters. The van der Waals surface area contributed by atoms with Crippen LogP contribution in [0.1, 0.15) is 12.0 Å². The molecule has 1 N–H and O–H groups in total. The van der Waals surface area contributed by atoms with Crippen LogP contribution < -0.4 is 19.5 Å². The minimum atomic E-state index is 0.607. The molecule has 0 atom stereocenters. The van der Waals surface area contributed by atoms with Gasteiger partial charge < -0.3 is 24.1 Å². The van der Waals surface area contributed by atoms with E-state index in [9.17, 15) is 0 Å². The zero-order valence-electron chi connectivity index (χ0n) is 16.1. The minimum absolute atomic E-state index is 0.607. The Balaban J connectivity index is 1.69. The molecule has 2 aromatic carbocycles. The number of halogens is 1. The van der Waals surface area contributed by atoms with Crippen molar-refractivity contribution in [3.63, 3.8) is 0 Å². The number of fused-ring (bicyclic) bond motifs is 1. The third-order valence-electron chi connectivity index (χ3n) is 4.73. The Morgan fingerprint density at radius 3 is 2.30 bits per heavy atom. The molecule has 27 heavy (non-hydrogen) atoms. The Morgan fingerprint density at radius 2 is 1.67 bits per heavy atom. The monoisotopic (exact) mass is 480 g/mol. The SMILES string of the molecule is COc1cc(NCCCc2c(I)n(C)c3ccccc23)cc(OC)c1OC. The molecule has 0 aliphatic rings. The number of para-hydroxylation sites is 1. The lowest BCUT2D eigenvalue weighted by Crippen LogP contribution is -2.05. The molecule has 0 saturated carbocycles. The quantitative estimate of drug-likeness (QED) is 0.370. The van der Waals surface area contributed by atoms with Crippen LogP contribution in [0.3, 0.4) is 0 Å². The largest absolute Gasteiger partial charge is 0.493 e. The number of rotatable bonds is 8. The highest BCUT2D eigenvalue weighted by Crippen LogP contribution is 2.40. The molecule has 0 fully saturated rings.